The molecule has 1 spiro atoms. The van der Waals surface area contributed by atoms with Crippen molar-refractivity contribution in [2.75, 3.05) is 5.32 Å². The third-order valence-electron chi connectivity index (χ3n) is 6.61. The van der Waals surface area contributed by atoms with Crippen LogP contribution in [-0.4, -0.2) is 39.9 Å². The number of hydrogen-bond donors (Lipinski definition) is 3. The number of nitrogens with zero attached hydrogens (tertiary/aromatic N) is 1. The maximum absolute atomic E-state index is 13.5. The SMILES string of the molecule is C[C@@H](O)[C@H]1[NH2+][C@]2(C(=O)Nc3ccccc32)[C@H]2C(=O)N(Cc3ccc(F)cc3)C(=O)[C@H]12. The molecule has 7 nitrogen and oxygen atoms in total. The smallest absolute Gasteiger partial charge is 0.291 e. The predicted octanol–water partition coefficient (Wildman–Crippen LogP) is 0.101. The zero-order valence-corrected chi connectivity index (χ0v) is 16.2. The van der Waals surface area contributed by atoms with Gasteiger partial charge in [-0.3, -0.25) is 19.3 Å². The maximum Gasteiger partial charge on any atom is 0.291 e. The Morgan fingerprint density at radius 3 is 2.53 bits per heavy atom. The van der Waals surface area contributed by atoms with Crippen LogP contribution >= 0.6 is 0 Å². The van der Waals surface area contributed by atoms with Crippen LogP contribution in [0.15, 0.2) is 48.5 Å². The lowest BCUT2D eigenvalue weighted by Crippen LogP contribution is -3.00. The Bertz CT molecular complexity index is 1070. The van der Waals surface area contributed by atoms with Gasteiger partial charge in [0.25, 0.3) is 5.91 Å². The van der Waals surface area contributed by atoms with Crippen molar-refractivity contribution in [1.29, 1.82) is 0 Å². The summed E-state index contributed by atoms with van der Waals surface area (Å²) in [5, 5.41) is 14.9. The number of halogens is 1. The first-order valence-corrected chi connectivity index (χ1v) is 9.89. The number of nitrogens with two attached hydrogens (primary N) is 1. The van der Waals surface area contributed by atoms with E-state index in [2.05, 4.69) is 5.32 Å². The van der Waals surface area contributed by atoms with Gasteiger partial charge in [0.1, 0.15) is 29.8 Å². The summed E-state index contributed by atoms with van der Waals surface area (Å²) < 4.78 is 13.2. The molecule has 3 aliphatic heterocycles. The number of likely N-dealkylation sites (tertiary alicyclic amines) is 1. The summed E-state index contributed by atoms with van der Waals surface area (Å²) in [5.41, 5.74) is 0.576. The van der Waals surface area contributed by atoms with E-state index in [1.807, 2.05) is 0 Å². The van der Waals surface area contributed by atoms with E-state index < -0.39 is 47.2 Å². The first-order valence-electron chi connectivity index (χ1n) is 9.89. The molecule has 3 amide bonds. The largest absolute Gasteiger partial charge is 0.387 e. The average molecular weight is 410 g/mol. The van der Waals surface area contributed by atoms with Gasteiger partial charge in [-0.05, 0) is 30.7 Å². The van der Waals surface area contributed by atoms with Crippen LogP contribution in [-0.2, 0) is 26.5 Å². The Morgan fingerprint density at radius 2 is 1.83 bits per heavy atom. The number of para-hydroxylation sites is 1. The van der Waals surface area contributed by atoms with Crippen molar-refractivity contribution < 1.29 is 29.2 Å². The highest BCUT2D eigenvalue weighted by Crippen LogP contribution is 2.49. The number of carbonyl (C=O) groups excluding carboxylic acids is 3. The number of amides is 3. The Morgan fingerprint density at radius 1 is 1.13 bits per heavy atom. The van der Waals surface area contributed by atoms with Crippen LogP contribution < -0.4 is 10.6 Å². The molecule has 0 aliphatic carbocycles. The van der Waals surface area contributed by atoms with Crippen LogP contribution in [0.1, 0.15) is 18.1 Å². The van der Waals surface area contributed by atoms with Gasteiger partial charge in [0, 0.05) is 5.56 Å². The fourth-order valence-corrected chi connectivity index (χ4v) is 5.27. The number of nitrogens with one attached hydrogen (secondary N) is 1. The molecule has 0 aromatic heterocycles. The lowest BCUT2D eigenvalue weighted by Gasteiger charge is -2.27. The second-order valence-corrected chi connectivity index (χ2v) is 8.25. The minimum Gasteiger partial charge on any atom is -0.387 e. The van der Waals surface area contributed by atoms with Gasteiger partial charge in [0.2, 0.25) is 17.4 Å². The molecular weight excluding hydrogens is 389 g/mol. The van der Waals surface area contributed by atoms with Gasteiger partial charge in [-0.1, -0.05) is 30.3 Å². The summed E-state index contributed by atoms with van der Waals surface area (Å²) in [6.07, 6.45) is -0.903. The van der Waals surface area contributed by atoms with Crippen molar-refractivity contribution in [3.8, 4) is 0 Å². The normalized spacial score (nSPS) is 30.6. The van der Waals surface area contributed by atoms with Gasteiger partial charge in [-0.15, -0.1) is 0 Å². The summed E-state index contributed by atoms with van der Waals surface area (Å²) in [6, 6.07) is 12.1. The molecule has 2 fully saturated rings. The molecule has 3 heterocycles. The van der Waals surface area contributed by atoms with Crippen molar-refractivity contribution in [3.63, 3.8) is 0 Å². The molecule has 0 saturated carbocycles. The van der Waals surface area contributed by atoms with Crippen molar-refractivity contribution in [1.82, 2.24) is 4.90 Å². The quantitative estimate of drug-likeness (QED) is 0.625. The number of carbonyl (C=O) groups is 3. The van der Waals surface area contributed by atoms with Crippen molar-refractivity contribution in [2.24, 2.45) is 11.8 Å². The molecular formula is C22H21FN3O4+. The van der Waals surface area contributed by atoms with Crippen LogP contribution in [0.25, 0.3) is 0 Å². The number of aliphatic hydroxyl groups is 1. The number of quaternary nitrogens is 1. The van der Waals surface area contributed by atoms with Crippen LogP contribution in [0, 0.1) is 17.7 Å². The Labute approximate surface area is 171 Å². The van der Waals surface area contributed by atoms with E-state index in [9.17, 15) is 23.9 Å². The van der Waals surface area contributed by atoms with Crippen LogP contribution in [0.4, 0.5) is 10.1 Å². The molecule has 0 unspecified atom stereocenters. The zero-order chi connectivity index (χ0) is 21.2. The van der Waals surface area contributed by atoms with Crippen molar-refractivity contribution in [2.45, 2.75) is 31.2 Å². The molecule has 30 heavy (non-hydrogen) atoms. The van der Waals surface area contributed by atoms with Crippen LogP contribution in [0.5, 0.6) is 0 Å². The zero-order valence-electron chi connectivity index (χ0n) is 16.2. The van der Waals surface area contributed by atoms with Gasteiger partial charge < -0.3 is 15.7 Å². The van der Waals surface area contributed by atoms with E-state index in [1.165, 1.54) is 24.3 Å². The first kappa shape index (κ1) is 18.9. The number of anilines is 1. The molecule has 154 valence electrons. The Balaban J connectivity index is 1.59. The summed E-state index contributed by atoms with van der Waals surface area (Å²) in [4.78, 5) is 41.1. The van der Waals surface area contributed by atoms with E-state index in [-0.39, 0.29) is 12.5 Å². The first-order chi connectivity index (χ1) is 14.3. The summed E-state index contributed by atoms with van der Waals surface area (Å²) in [5.74, 6) is -3.36. The summed E-state index contributed by atoms with van der Waals surface area (Å²) >= 11 is 0. The average Bonchev–Trinajstić information content (AvgIpc) is 3.31. The minimum atomic E-state index is -1.30. The second kappa shape index (κ2) is 6.45. The van der Waals surface area contributed by atoms with Crippen molar-refractivity contribution in [3.05, 3.63) is 65.5 Å². The van der Waals surface area contributed by atoms with Crippen LogP contribution in [0.3, 0.4) is 0 Å². The molecule has 5 atom stereocenters. The fourth-order valence-electron chi connectivity index (χ4n) is 5.27. The van der Waals surface area contributed by atoms with Crippen LogP contribution in [0.2, 0.25) is 0 Å². The van der Waals surface area contributed by atoms with Gasteiger partial charge in [0.15, 0.2) is 0 Å². The van der Waals surface area contributed by atoms with E-state index in [0.717, 1.165) is 4.90 Å². The lowest BCUT2D eigenvalue weighted by atomic mass is 9.76. The molecule has 5 rings (SSSR count). The highest BCUT2D eigenvalue weighted by atomic mass is 19.1. The third kappa shape index (κ3) is 2.41. The highest BCUT2D eigenvalue weighted by molar-refractivity contribution is 6.13. The topological polar surface area (TPSA) is 103 Å². The Kier molecular flexibility index (Phi) is 4.06. The number of imide groups is 1. The molecule has 3 aliphatic rings. The van der Waals surface area contributed by atoms with E-state index in [0.29, 0.717) is 16.8 Å². The fraction of sp³-hybridized carbons (Fsp3) is 0.318. The van der Waals surface area contributed by atoms with Crippen molar-refractivity contribution >= 4 is 23.4 Å². The molecule has 2 saturated heterocycles. The molecule has 2 aromatic carbocycles. The summed E-state index contributed by atoms with van der Waals surface area (Å²) in [6.45, 7) is 1.56. The molecule has 8 heteroatoms. The number of rotatable bonds is 3. The highest BCUT2D eigenvalue weighted by Gasteiger charge is 2.74. The van der Waals surface area contributed by atoms with Gasteiger partial charge in [0.05, 0.1) is 12.2 Å². The van der Waals surface area contributed by atoms with Gasteiger partial charge in [-0.2, -0.15) is 0 Å². The van der Waals surface area contributed by atoms with E-state index >= 15 is 0 Å². The summed E-state index contributed by atoms with van der Waals surface area (Å²) in [7, 11) is 0. The standard InChI is InChI=1S/C22H20FN3O4/c1-11(27)18-16-17(22(25-18)14-4-2-3-5-15(14)24-21(22)30)20(29)26(19(16)28)10-12-6-8-13(23)9-7-12/h2-9,11,16-18,25,27H,10H2,1H3,(H,24,30)/p+1/t11-,16+,17-,18-,22+/m1/s1. The van der Waals surface area contributed by atoms with Gasteiger partial charge in [-0.25, -0.2) is 4.39 Å². The predicted molar refractivity (Wildman–Crippen MR) is 103 cm³/mol. The molecule has 0 bridgehead atoms. The lowest BCUT2D eigenvalue weighted by molar-refractivity contribution is -0.738. The molecule has 0 radical (unpaired) electrons. The molecule has 4 N–H and O–H groups in total. The second-order valence-electron chi connectivity index (χ2n) is 8.25. The number of fused-ring (bicyclic) bond motifs is 4. The monoisotopic (exact) mass is 410 g/mol. The Hall–Kier alpha value is -3.10. The third-order valence-corrected chi connectivity index (χ3v) is 6.61. The van der Waals surface area contributed by atoms with Gasteiger partial charge >= 0.3 is 0 Å². The maximum atomic E-state index is 13.5. The number of hydrogen-bond acceptors (Lipinski definition) is 4. The number of benzene rings is 2. The number of aliphatic hydroxyl groups excluding tert-OH is 1. The minimum absolute atomic E-state index is 0.00315. The van der Waals surface area contributed by atoms with E-state index in [1.54, 1.807) is 36.5 Å². The van der Waals surface area contributed by atoms with E-state index in [4.69, 9.17) is 0 Å². The molecule has 2 aromatic rings.